The van der Waals surface area contributed by atoms with Gasteiger partial charge in [-0.1, -0.05) is 36.4 Å². The number of benzene rings is 2. The van der Waals surface area contributed by atoms with Gasteiger partial charge in [0.25, 0.3) is 5.91 Å². The Bertz CT molecular complexity index is 1130. The fourth-order valence-electron chi connectivity index (χ4n) is 6.03. The summed E-state index contributed by atoms with van der Waals surface area (Å²) in [4.78, 5) is 39.4. The van der Waals surface area contributed by atoms with E-state index in [1.807, 2.05) is 42.5 Å². The molecule has 2 aromatic rings. The van der Waals surface area contributed by atoms with Gasteiger partial charge in [0.05, 0.1) is 0 Å². The van der Waals surface area contributed by atoms with Gasteiger partial charge in [-0.25, -0.2) is 0 Å². The molecule has 0 spiro atoms. The number of esters is 2. The second kappa shape index (κ2) is 10.7. The van der Waals surface area contributed by atoms with Crippen molar-refractivity contribution in [2.45, 2.75) is 56.6 Å². The van der Waals surface area contributed by atoms with Crippen molar-refractivity contribution in [2.24, 2.45) is 0 Å². The highest BCUT2D eigenvalue weighted by Gasteiger charge is 2.60. The third-order valence-electron chi connectivity index (χ3n) is 7.44. The van der Waals surface area contributed by atoms with Crippen molar-refractivity contribution in [3.8, 4) is 5.75 Å². The van der Waals surface area contributed by atoms with Crippen LogP contribution in [0.5, 0.6) is 5.75 Å². The van der Waals surface area contributed by atoms with E-state index in [-0.39, 0.29) is 17.9 Å². The molecule has 7 nitrogen and oxygen atoms in total. The number of carbonyl (C=O) groups excluding carboxylic acids is 3. The third-order valence-corrected chi connectivity index (χ3v) is 7.44. The summed E-state index contributed by atoms with van der Waals surface area (Å²) in [6, 6.07) is 16.6. The second-order valence-corrected chi connectivity index (χ2v) is 9.84. The van der Waals surface area contributed by atoms with Gasteiger partial charge in [-0.15, -0.1) is 6.58 Å². The summed E-state index contributed by atoms with van der Waals surface area (Å²) in [5, 5.41) is 3.22. The number of rotatable bonds is 7. The maximum atomic E-state index is 13.0. The van der Waals surface area contributed by atoms with Gasteiger partial charge in [-0.05, 0) is 62.1 Å². The number of hydrogen-bond acceptors (Lipinski definition) is 6. The Morgan fingerprint density at radius 2 is 1.86 bits per heavy atom. The molecule has 1 aliphatic heterocycles. The molecule has 1 aliphatic carbocycles. The lowest BCUT2D eigenvalue weighted by Crippen LogP contribution is -2.68. The molecule has 2 aromatic carbocycles. The predicted molar refractivity (Wildman–Crippen MR) is 137 cm³/mol. The number of likely N-dealkylation sites (tertiary alicyclic amines) is 1. The van der Waals surface area contributed by atoms with Gasteiger partial charge in [-0.2, -0.15) is 0 Å². The molecule has 1 amide bonds. The minimum atomic E-state index is -0.789. The maximum Gasteiger partial charge on any atom is 0.308 e. The monoisotopic (exact) mass is 490 g/mol. The van der Waals surface area contributed by atoms with Crippen LogP contribution in [0.15, 0.2) is 67.3 Å². The zero-order chi connectivity index (χ0) is 25.8. The van der Waals surface area contributed by atoms with Gasteiger partial charge < -0.3 is 14.8 Å². The Balaban J connectivity index is 1.74. The zero-order valence-corrected chi connectivity index (χ0v) is 21.0. The van der Waals surface area contributed by atoms with Crippen LogP contribution in [0.1, 0.15) is 55.5 Å². The fourth-order valence-corrected chi connectivity index (χ4v) is 6.03. The number of piperidine rings is 1. The summed E-state index contributed by atoms with van der Waals surface area (Å²) in [6.45, 7) is 8.75. The Hall–Kier alpha value is -3.45. The molecule has 0 aromatic heterocycles. The number of hydrogen-bond donors (Lipinski definition) is 1. The van der Waals surface area contributed by atoms with Crippen LogP contribution in [0.3, 0.4) is 0 Å². The van der Waals surface area contributed by atoms with E-state index in [0.29, 0.717) is 43.7 Å². The highest BCUT2D eigenvalue weighted by Crippen LogP contribution is 2.54. The van der Waals surface area contributed by atoms with Crippen molar-refractivity contribution >= 4 is 17.8 Å². The van der Waals surface area contributed by atoms with E-state index >= 15 is 0 Å². The lowest BCUT2D eigenvalue weighted by Gasteiger charge is -2.59. The number of fused-ring (bicyclic) bond motifs is 1. The topological polar surface area (TPSA) is 84.9 Å². The number of amides is 1. The summed E-state index contributed by atoms with van der Waals surface area (Å²) >= 11 is 0. The quantitative estimate of drug-likeness (QED) is 0.358. The molecule has 2 fully saturated rings. The molecule has 190 valence electrons. The van der Waals surface area contributed by atoms with Crippen LogP contribution in [0, 0.1) is 0 Å². The second-order valence-electron chi connectivity index (χ2n) is 9.84. The van der Waals surface area contributed by atoms with E-state index < -0.39 is 17.0 Å². The Morgan fingerprint density at radius 3 is 2.56 bits per heavy atom. The molecule has 0 bridgehead atoms. The molecule has 2 aliphatic rings. The van der Waals surface area contributed by atoms with Gasteiger partial charge in [0.15, 0.2) is 0 Å². The first-order chi connectivity index (χ1) is 17.3. The predicted octanol–water partition coefficient (Wildman–Crippen LogP) is 4.03. The number of carbonyl (C=O) groups is 3. The smallest absolute Gasteiger partial charge is 0.308 e. The van der Waals surface area contributed by atoms with Crippen LogP contribution in [0.2, 0.25) is 0 Å². The normalized spacial score (nSPS) is 25.8. The van der Waals surface area contributed by atoms with Crippen LogP contribution < -0.4 is 10.1 Å². The van der Waals surface area contributed by atoms with Crippen molar-refractivity contribution in [1.82, 2.24) is 10.2 Å². The molecule has 1 saturated heterocycles. The number of nitrogens with one attached hydrogen (secondary N) is 1. The average molecular weight is 491 g/mol. The highest BCUT2D eigenvalue weighted by atomic mass is 16.6. The Kier molecular flexibility index (Phi) is 7.59. The first-order valence-electron chi connectivity index (χ1n) is 12.4. The van der Waals surface area contributed by atoms with Crippen molar-refractivity contribution in [1.29, 1.82) is 0 Å². The van der Waals surface area contributed by atoms with Gasteiger partial charge in [-0.3, -0.25) is 19.3 Å². The minimum Gasteiger partial charge on any atom is -0.457 e. The summed E-state index contributed by atoms with van der Waals surface area (Å²) in [5.41, 5.74) is 0.197. The zero-order valence-electron chi connectivity index (χ0n) is 21.0. The molecule has 0 radical (unpaired) electrons. The molecule has 1 saturated carbocycles. The number of ether oxygens (including phenoxy) is 2. The van der Waals surface area contributed by atoms with Crippen molar-refractivity contribution in [3.05, 3.63) is 78.4 Å². The average Bonchev–Trinajstić information content (AvgIpc) is 2.84. The summed E-state index contributed by atoms with van der Waals surface area (Å²) in [5.74, 6) is -0.389. The van der Waals surface area contributed by atoms with Crippen LogP contribution in [-0.2, 0) is 19.7 Å². The molecule has 4 rings (SSSR count). The largest absolute Gasteiger partial charge is 0.457 e. The van der Waals surface area contributed by atoms with Gasteiger partial charge in [0.1, 0.15) is 11.4 Å². The highest BCUT2D eigenvalue weighted by molar-refractivity contribution is 5.94. The molecule has 3 atom stereocenters. The van der Waals surface area contributed by atoms with Crippen molar-refractivity contribution < 1.29 is 23.9 Å². The minimum absolute atomic E-state index is 0.107. The van der Waals surface area contributed by atoms with E-state index in [1.54, 1.807) is 18.2 Å². The Labute approximate surface area is 212 Å². The molecular weight excluding hydrogens is 456 g/mol. The van der Waals surface area contributed by atoms with E-state index in [4.69, 9.17) is 9.47 Å². The van der Waals surface area contributed by atoms with E-state index in [1.165, 1.54) is 13.8 Å². The summed E-state index contributed by atoms with van der Waals surface area (Å²) in [6.07, 6.45) is 4.46. The lowest BCUT2D eigenvalue weighted by molar-refractivity contribution is -0.186. The first-order valence-corrected chi connectivity index (χ1v) is 12.4. The van der Waals surface area contributed by atoms with Gasteiger partial charge >= 0.3 is 11.9 Å². The van der Waals surface area contributed by atoms with Crippen LogP contribution in [0.4, 0.5) is 0 Å². The SMILES string of the molecule is C=CCN1CC[C@@]2(c3cccc(OC(C)=O)c3)C[C@@H](NC(=O)c3ccccc3)CC[C@]2(OC(C)=O)C1. The lowest BCUT2D eigenvalue weighted by atomic mass is 9.55. The van der Waals surface area contributed by atoms with Crippen molar-refractivity contribution in [2.75, 3.05) is 19.6 Å². The molecule has 1 N–H and O–H groups in total. The molecule has 1 heterocycles. The van der Waals surface area contributed by atoms with Crippen LogP contribution in [0.25, 0.3) is 0 Å². The number of nitrogens with zero attached hydrogens (tertiary/aromatic N) is 1. The summed E-state index contributed by atoms with van der Waals surface area (Å²) < 4.78 is 11.6. The van der Waals surface area contributed by atoms with E-state index in [0.717, 1.165) is 18.5 Å². The van der Waals surface area contributed by atoms with Gasteiger partial charge in [0, 0.05) is 44.0 Å². The van der Waals surface area contributed by atoms with Crippen LogP contribution in [-0.4, -0.2) is 54.0 Å². The van der Waals surface area contributed by atoms with Crippen LogP contribution >= 0.6 is 0 Å². The molecule has 0 unspecified atom stereocenters. The van der Waals surface area contributed by atoms with Gasteiger partial charge in [0.2, 0.25) is 0 Å². The van der Waals surface area contributed by atoms with Crippen molar-refractivity contribution in [3.63, 3.8) is 0 Å². The molecule has 36 heavy (non-hydrogen) atoms. The first kappa shape index (κ1) is 25.6. The fraction of sp³-hybridized carbons (Fsp3) is 0.414. The molecular formula is C29H34N2O5. The summed E-state index contributed by atoms with van der Waals surface area (Å²) in [7, 11) is 0. The van der Waals surface area contributed by atoms with E-state index in [2.05, 4.69) is 16.8 Å². The maximum absolute atomic E-state index is 13.0. The standard InChI is InChI=1S/C29H34N2O5/c1-4-16-31-17-15-28(24-11-8-12-26(18-24)35-21(2)32)19-25(13-14-29(28,20-31)36-22(3)33)30-27(34)23-9-6-5-7-10-23/h4-12,18,25H,1,13-17,19-20H2,2-3H3,(H,30,34)/t25-,28-,29-/m0/s1. The third kappa shape index (κ3) is 5.21. The molecule has 7 heteroatoms. The van der Waals surface area contributed by atoms with E-state index in [9.17, 15) is 14.4 Å². The Morgan fingerprint density at radius 1 is 1.08 bits per heavy atom.